The van der Waals surface area contributed by atoms with Gasteiger partial charge in [-0.2, -0.15) is 0 Å². The van der Waals surface area contributed by atoms with Crippen molar-refractivity contribution in [1.29, 1.82) is 0 Å². The number of rotatable bonds is 5. The molecule has 0 aromatic heterocycles. The largest absolute Gasteiger partial charge is 0.497 e. The Morgan fingerprint density at radius 2 is 1.67 bits per heavy atom. The Bertz CT molecular complexity index is 649. The second-order valence-electron chi connectivity index (χ2n) is 4.39. The van der Waals surface area contributed by atoms with E-state index in [4.69, 9.17) is 20.9 Å². The molecule has 0 unspecified atom stereocenters. The van der Waals surface area contributed by atoms with E-state index < -0.39 is 5.91 Å². The highest BCUT2D eigenvalue weighted by Gasteiger charge is 2.07. The molecule has 0 radical (unpaired) electrons. The Labute approximate surface area is 122 Å². The molecule has 2 rings (SSSR count). The SMILES string of the molecule is COc1cc(Nc2cc(C(N)=O)ccc2N)cc(OC)c1. The number of nitrogens with two attached hydrogens (primary N) is 2. The molecule has 5 N–H and O–H groups in total. The molecule has 0 bridgehead atoms. The molecule has 0 aliphatic heterocycles. The summed E-state index contributed by atoms with van der Waals surface area (Å²) < 4.78 is 10.4. The molecular weight excluding hydrogens is 270 g/mol. The van der Waals surface area contributed by atoms with E-state index in [2.05, 4.69) is 5.32 Å². The number of nitrogen functional groups attached to an aromatic ring is 1. The Kier molecular flexibility index (Phi) is 4.18. The average Bonchev–Trinajstić information content (AvgIpc) is 2.48. The summed E-state index contributed by atoms with van der Waals surface area (Å²) in [5, 5.41) is 3.12. The minimum atomic E-state index is -0.513. The summed E-state index contributed by atoms with van der Waals surface area (Å²) in [5.74, 6) is 0.768. The molecule has 21 heavy (non-hydrogen) atoms. The number of anilines is 3. The monoisotopic (exact) mass is 287 g/mol. The van der Waals surface area contributed by atoms with Gasteiger partial charge < -0.3 is 26.3 Å². The first-order valence-corrected chi connectivity index (χ1v) is 6.23. The van der Waals surface area contributed by atoms with E-state index in [1.165, 1.54) is 0 Å². The number of benzene rings is 2. The van der Waals surface area contributed by atoms with Crippen LogP contribution in [-0.4, -0.2) is 20.1 Å². The lowest BCUT2D eigenvalue weighted by Gasteiger charge is -2.13. The van der Waals surface area contributed by atoms with Crippen molar-refractivity contribution in [2.24, 2.45) is 5.73 Å². The lowest BCUT2D eigenvalue weighted by molar-refractivity contribution is 0.100. The Hall–Kier alpha value is -2.89. The van der Waals surface area contributed by atoms with Gasteiger partial charge in [0.15, 0.2) is 0 Å². The standard InChI is InChI=1S/C15H17N3O3/c1-20-11-6-10(7-12(8-11)21-2)18-14-5-9(15(17)19)3-4-13(14)16/h3-8,18H,16H2,1-2H3,(H2,17,19). The van der Waals surface area contributed by atoms with Crippen molar-refractivity contribution < 1.29 is 14.3 Å². The van der Waals surface area contributed by atoms with Crippen LogP contribution >= 0.6 is 0 Å². The third-order valence-electron chi connectivity index (χ3n) is 2.97. The number of carbonyl (C=O) groups is 1. The van der Waals surface area contributed by atoms with Crippen LogP contribution in [0.2, 0.25) is 0 Å². The number of nitrogens with one attached hydrogen (secondary N) is 1. The van der Waals surface area contributed by atoms with Crippen LogP contribution in [0.3, 0.4) is 0 Å². The summed E-state index contributed by atoms with van der Waals surface area (Å²) in [6, 6.07) is 10.1. The summed E-state index contributed by atoms with van der Waals surface area (Å²) >= 11 is 0. The molecule has 0 heterocycles. The normalized spacial score (nSPS) is 10.0. The van der Waals surface area contributed by atoms with Crippen LogP contribution in [-0.2, 0) is 0 Å². The van der Waals surface area contributed by atoms with Crippen molar-refractivity contribution in [3.63, 3.8) is 0 Å². The molecule has 2 aromatic rings. The van der Waals surface area contributed by atoms with Gasteiger partial charge in [-0.15, -0.1) is 0 Å². The van der Waals surface area contributed by atoms with Crippen LogP contribution in [0.5, 0.6) is 11.5 Å². The fraction of sp³-hybridized carbons (Fsp3) is 0.133. The van der Waals surface area contributed by atoms with E-state index >= 15 is 0 Å². The molecule has 0 aliphatic rings. The van der Waals surface area contributed by atoms with Crippen molar-refractivity contribution in [3.8, 4) is 11.5 Å². The van der Waals surface area contributed by atoms with E-state index in [0.717, 1.165) is 5.69 Å². The number of methoxy groups -OCH3 is 2. The Balaban J connectivity index is 2.37. The second kappa shape index (κ2) is 6.04. The third-order valence-corrected chi connectivity index (χ3v) is 2.97. The molecular formula is C15H17N3O3. The molecule has 6 nitrogen and oxygen atoms in total. The van der Waals surface area contributed by atoms with Gasteiger partial charge in [-0.3, -0.25) is 4.79 Å². The van der Waals surface area contributed by atoms with Gasteiger partial charge in [0, 0.05) is 29.4 Å². The zero-order chi connectivity index (χ0) is 15.4. The van der Waals surface area contributed by atoms with Crippen molar-refractivity contribution in [3.05, 3.63) is 42.0 Å². The molecule has 2 aromatic carbocycles. The fourth-order valence-electron chi connectivity index (χ4n) is 1.85. The fourth-order valence-corrected chi connectivity index (χ4v) is 1.85. The molecule has 0 aliphatic carbocycles. The third kappa shape index (κ3) is 3.36. The van der Waals surface area contributed by atoms with E-state index in [-0.39, 0.29) is 0 Å². The lowest BCUT2D eigenvalue weighted by atomic mass is 10.1. The number of amides is 1. The zero-order valence-corrected chi connectivity index (χ0v) is 11.8. The average molecular weight is 287 g/mol. The number of hydrogen-bond donors (Lipinski definition) is 3. The van der Waals surface area contributed by atoms with Crippen LogP contribution in [0.1, 0.15) is 10.4 Å². The molecule has 0 fully saturated rings. The van der Waals surface area contributed by atoms with E-state index in [1.54, 1.807) is 50.6 Å². The van der Waals surface area contributed by atoms with Crippen LogP contribution in [0.15, 0.2) is 36.4 Å². The first-order chi connectivity index (χ1) is 10.0. The highest BCUT2D eigenvalue weighted by Crippen LogP contribution is 2.30. The maximum absolute atomic E-state index is 11.2. The lowest BCUT2D eigenvalue weighted by Crippen LogP contribution is -2.11. The molecule has 1 amide bonds. The maximum atomic E-state index is 11.2. The van der Waals surface area contributed by atoms with Crippen molar-refractivity contribution >= 4 is 23.0 Å². The smallest absolute Gasteiger partial charge is 0.248 e. The van der Waals surface area contributed by atoms with Gasteiger partial charge in [-0.05, 0) is 18.2 Å². The van der Waals surface area contributed by atoms with Crippen molar-refractivity contribution in [1.82, 2.24) is 0 Å². The van der Waals surface area contributed by atoms with Gasteiger partial charge in [0.25, 0.3) is 0 Å². The van der Waals surface area contributed by atoms with E-state index in [9.17, 15) is 4.79 Å². The van der Waals surface area contributed by atoms with Gasteiger partial charge >= 0.3 is 0 Å². The minimum absolute atomic E-state index is 0.376. The molecule has 0 atom stereocenters. The predicted molar refractivity (Wildman–Crippen MR) is 82.2 cm³/mol. The molecule has 0 saturated carbocycles. The molecule has 110 valence electrons. The first-order valence-electron chi connectivity index (χ1n) is 6.23. The Morgan fingerprint density at radius 3 is 2.19 bits per heavy atom. The Morgan fingerprint density at radius 1 is 1.05 bits per heavy atom. The van der Waals surface area contributed by atoms with Crippen LogP contribution in [0.25, 0.3) is 0 Å². The molecule has 6 heteroatoms. The highest BCUT2D eigenvalue weighted by atomic mass is 16.5. The van der Waals surface area contributed by atoms with Gasteiger partial charge in [0.05, 0.1) is 25.6 Å². The summed E-state index contributed by atoms with van der Waals surface area (Å²) in [6.07, 6.45) is 0. The van der Waals surface area contributed by atoms with E-state index in [1.807, 2.05) is 0 Å². The van der Waals surface area contributed by atoms with Crippen LogP contribution in [0.4, 0.5) is 17.1 Å². The van der Waals surface area contributed by atoms with E-state index in [0.29, 0.717) is 28.4 Å². The first kappa shape index (κ1) is 14.5. The van der Waals surface area contributed by atoms with Gasteiger partial charge in [-0.1, -0.05) is 0 Å². The number of primary amides is 1. The maximum Gasteiger partial charge on any atom is 0.248 e. The summed E-state index contributed by atoms with van der Waals surface area (Å²) in [4.78, 5) is 11.2. The molecule has 0 spiro atoms. The minimum Gasteiger partial charge on any atom is -0.497 e. The topological polar surface area (TPSA) is 99.6 Å². The predicted octanol–water partition coefficient (Wildman–Crippen LogP) is 2.13. The number of hydrogen-bond acceptors (Lipinski definition) is 5. The number of carbonyl (C=O) groups excluding carboxylic acids is 1. The zero-order valence-electron chi connectivity index (χ0n) is 11.8. The van der Waals surface area contributed by atoms with Gasteiger partial charge in [-0.25, -0.2) is 0 Å². The van der Waals surface area contributed by atoms with Crippen molar-refractivity contribution in [2.45, 2.75) is 0 Å². The molecule has 0 saturated heterocycles. The summed E-state index contributed by atoms with van der Waals surface area (Å²) in [5.41, 5.74) is 13.4. The van der Waals surface area contributed by atoms with Crippen molar-refractivity contribution in [2.75, 3.05) is 25.3 Å². The number of ether oxygens (including phenoxy) is 2. The highest BCUT2D eigenvalue weighted by molar-refractivity contribution is 5.95. The quantitative estimate of drug-likeness (QED) is 0.731. The van der Waals surface area contributed by atoms with Crippen LogP contribution < -0.4 is 26.3 Å². The second-order valence-corrected chi connectivity index (χ2v) is 4.39. The van der Waals surface area contributed by atoms with Gasteiger partial charge in [0.2, 0.25) is 5.91 Å². The van der Waals surface area contributed by atoms with Crippen LogP contribution in [0, 0.1) is 0 Å². The summed E-state index contributed by atoms with van der Waals surface area (Å²) in [6.45, 7) is 0. The van der Waals surface area contributed by atoms with Gasteiger partial charge in [0.1, 0.15) is 11.5 Å². The summed E-state index contributed by atoms with van der Waals surface area (Å²) in [7, 11) is 3.14.